The van der Waals surface area contributed by atoms with E-state index in [-0.39, 0.29) is 17.4 Å². The van der Waals surface area contributed by atoms with Gasteiger partial charge in [-0.1, -0.05) is 30.3 Å². The number of ether oxygens (including phenoxy) is 3. The first-order chi connectivity index (χ1) is 20.8. The number of rotatable bonds is 10. The lowest BCUT2D eigenvalue weighted by molar-refractivity contribution is -0.128. The quantitative estimate of drug-likeness (QED) is 0.0864. The maximum absolute atomic E-state index is 12.6. The molecule has 4 rings (SSSR count). The van der Waals surface area contributed by atoms with E-state index in [1.807, 2.05) is 0 Å². The van der Waals surface area contributed by atoms with Crippen molar-refractivity contribution in [2.45, 2.75) is 6.92 Å². The minimum Gasteiger partial charge on any atom is -0.497 e. The van der Waals surface area contributed by atoms with Gasteiger partial charge in [-0.3, -0.25) is 9.59 Å². The third-order valence-electron chi connectivity index (χ3n) is 5.81. The number of carbonyl (C=O) groups excluding carboxylic acids is 4. The molecule has 2 amide bonds. The molecule has 0 heterocycles. The average molecular weight is 578 g/mol. The number of carbonyl (C=O) groups is 4. The van der Waals surface area contributed by atoms with Crippen molar-refractivity contribution in [3.05, 3.63) is 125 Å². The van der Waals surface area contributed by atoms with Crippen LogP contribution in [0.4, 0.5) is 5.69 Å². The van der Waals surface area contributed by atoms with E-state index >= 15 is 0 Å². The molecule has 0 aliphatic rings. The monoisotopic (exact) mass is 577 g/mol. The molecule has 10 nitrogen and oxygen atoms in total. The number of amides is 2. The maximum Gasteiger partial charge on any atom is 0.343 e. The van der Waals surface area contributed by atoms with Gasteiger partial charge in [0.2, 0.25) is 5.91 Å². The fourth-order valence-electron chi connectivity index (χ4n) is 3.71. The minimum absolute atomic E-state index is 0.215. The number of nitrogens with one attached hydrogen (secondary N) is 2. The molecule has 0 unspecified atom stereocenters. The van der Waals surface area contributed by atoms with Gasteiger partial charge in [-0.05, 0) is 72.8 Å². The van der Waals surface area contributed by atoms with Gasteiger partial charge in [0.05, 0.1) is 18.9 Å². The summed E-state index contributed by atoms with van der Waals surface area (Å²) in [5.74, 6) is -0.826. The lowest BCUT2D eigenvalue weighted by atomic mass is 10.1. The van der Waals surface area contributed by atoms with Crippen molar-refractivity contribution in [1.29, 1.82) is 0 Å². The fourth-order valence-corrected chi connectivity index (χ4v) is 3.71. The number of methoxy groups -OCH3 is 1. The number of esters is 2. The van der Waals surface area contributed by atoms with Crippen molar-refractivity contribution in [3.63, 3.8) is 0 Å². The molecule has 0 fully saturated rings. The highest BCUT2D eigenvalue weighted by Crippen LogP contribution is 2.22. The fraction of sp³-hybridized carbons (Fsp3) is 0.0606. The number of anilines is 1. The molecule has 0 radical (unpaired) electrons. The second kappa shape index (κ2) is 14.6. The minimum atomic E-state index is -0.680. The highest BCUT2D eigenvalue weighted by molar-refractivity contribution is 5.97. The van der Waals surface area contributed by atoms with Crippen LogP contribution in [0, 0.1) is 0 Å². The van der Waals surface area contributed by atoms with Crippen LogP contribution in [0.25, 0.3) is 6.08 Å². The smallest absolute Gasteiger partial charge is 0.343 e. The zero-order valence-corrected chi connectivity index (χ0v) is 23.3. The van der Waals surface area contributed by atoms with Crippen molar-refractivity contribution in [2.24, 2.45) is 5.10 Å². The Bertz CT molecular complexity index is 1680. The van der Waals surface area contributed by atoms with Crippen LogP contribution in [-0.2, 0) is 9.59 Å². The molecule has 216 valence electrons. The summed E-state index contributed by atoms with van der Waals surface area (Å²) >= 11 is 0. The van der Waals surface area contributed by atoms with Crippen LogP contribution >= 0.6 is 0 Å². The summed E-state index contributed by atoms with van der Waals surface area (Å²) in [4.78, 5) is 48.8. The van der Waals surface area contributed by atoms with E-state index in [9.17, 15) is 19.2 Å². The molecular formula is C33H27N3O7. The first-order valence-electron chi connectivity index (χ1n) is 13.0. The van der Waals surface area contributed by atoms with Crippen molar-refractivity contribution in [2.75, 3.05) is 12.4 Å². The summed E-state index contributed by atoms with van der Waals surface area (Å²) in [5, 5.41) is 6.59. The van der Waals surface area contributed by atoms with Crippen molar-refractivity contribution in [1.82, 2.24) is 5.43 Å². The third-order valence-corrected chi connectivity index (χ3v) is 5.81. The zero-order chi connectivity index (χ0) is 30.6. The number of hydrogen-bond acceptors (Lipinski definition) is 8. The molecule has 2 N–H and O–H groups in total. The molecule has 10 heteroatoms. The number of hydrogen-bond donors (Lipinski definition) is 2. The molecule has 43 heavy (non-hydrogen) atoms. The van der Waals surface area contributed by atoms with Gasteiger partial charge in [0.25, 0.3) is 5.91 Å². The van der Waals surface area contributed by atoms with E-state index in [2.05, 4.69) is 15.8 Å². The van der Waals surface area contributed by atoms with E-state index in [4.69, 9.17) is 14.2 Å². The van der Waals surface area contributed by atoms with Crippen molar-refractivity contribution < 1.29 is 33.4 Å². The van der Waals surface area contributed by atoms with Crippen LogP contribution in [0.2, 0.25) is 0 Å². The summed E-state index contributed by atoms with van der Waals surface area (Å²) in [6.45, 7) is 1.39. The predicted octanol–water partition coefficient (Wildman–Crippen LogP) is 5.26. The lowest BCUT2D eigenvalue weighted by Gasteiger charge is -2.08. The van der Waals surface area contributed by atoms with Gasteiger partial charge < -0.3 is 19.5 Å². The summed E-state index contributed by atoms with van der Waals surface area (Å²) in [6, 6.07) is 26.2. The van der Waals surface area contributed by atoms with Gasteiger partial charge in [-0.2, -0.15) is 5.10 Å². The number of para-hydroxylation sites is 2. The lowest BCUT2D eigenvalue weighted by Crippen LogP contribution is -2.17. The van der Waals surface area contributed by atoms with Crippen LogP contribution < -0.4 is 25.0 Å². The number of hydrazone groups is 1. The Balaban J connectivity index is 1.37. The standard InChI is InChI=1S/C33H27N3O7/c1-22(37)35-27-16-11-24(12-17-27)32(39)36-34-21-26-8-4-6-10-30(26)42-31(38)20-15-23-7-3-5-9-29(23)43-33(40)25-13-18-28(41-2)19-14-25/h3-21H,1-2H3,(H,35,37)(H,36,39)/b20-15+,34-21+. The Morgan fingerprint density at radius 1 is 0.721 bits per heavy atom. The van der Waals surface area contributed by atoms with E-state index < -0.39 is 17.8 Å². The number of benzene rings is 4. The summed E-state index contributed by atoms with van der Waals surface area (Å²) in [7, 11) is 1.53. The Morgan fingerprint density at radius 3 is 1.98 bits per heavy atom. The molecule has 4 aromatic carbocycles. The molecule has 4 aromatic rings. The highest BCUT2D eigenvalue weighted by Gasteiger charge is 2.12. The van der Waals surface area contributed by atoms with Crippen LogP contribution in [0.3, 0.4) is 0 Å². The summed E-state index contributed by atoms with van der Waals surface area (Å²) in [6.07, 6.45) is 4.04. The van der Waals surface area contributed by atoms with Crippen molar-refractivity contribution >= 4 is 41.7 Å². The van der Waals surface area contributed by atoms with Gasteiger partial charge in [-0.25, -0.2) is 15.0 Å². The van der Waals surface area contributed by atoms with Gasteiger partial charge in [-0.15, -0.1) is 0 Å². The topological polar surface area (TPSA) is 132 Å². The first kappa shape index (κ1) is 29.9. The SMILES string of the molecule is COc1ccc(C(=O)Oc2ccccc2/C=C/C(=O)Oc2ccccc2/C=N/NC(=O)c2ccc(NC(C)=O)cc2)cc1. The second-order valence-electron chi connectivity index (χ2n) is 8.91. The average Bonchev–Trinajstić information content (AvgIpc) is 3.01. The normalized spacial score (nSPS) is 10.7. The molecule has 0 aliphatic heterocycles. The third kappa shape index (κ3) is 8.73. The van der Waals surface area contributed by atoms with E-state index in [0.717, 1.165) is 0 Å². The molecule has 0 bridgehead atoms. The largest absolute Gasteiger partial charge is 0.497 e. The van der Waals surface area contributed by atoms with Crippen molar-refractivity contribution in [3.8, 4) is 17.2 Å². The van der Waals surface area contributed by atoms with Crippen LogP contribution in [0.15, 0.2) is 108 Å². The number of nitrogens with zero attached hydrogens (tertiary/aromatic N) is 1. The molecule has 0 saturated carbocycles. The molecular weight excluding hydrogens is 550 g/mol. The van der Waals surface area contributed by atoms with E-state index in [1.54, 1.807) is 97.1 Å². The Morgan fingerprint density at radius 2 is 1.33 bits per heavy atom. The van der Waals surface area contributed by atoms with E-state index in [0.29, 0.717) is 33.7 Å². The second-order valence-corrected chi connectivity index (χ2v) is 8.91. The first-order valence-corrected chi connectivity index (χ1v) is 13.0. The Labute approximate surface area is 247 Å². The summed E-state index contributed by atoms with van der Waals surface area (Å²) in [5.41, 5.74) is 4.59. The maximum atomic E-state index is 12.6. The molecule has 0 atom stereocenters. The van der Waals surface area contributed by atoms with Crippen LogP contribution in [0.1, 0.15) is 38.8 Å². The Kier molecular flexibility index (Phi) is 10.1. The van der Waals surface area contributed by atoms with E-state index in [1.165, 1.54) is 32.4 Å². The molecule has 0 saturated heterocycles. The van der Waals surface area contributed by atoms with Gasteiger partial charge in [0.15, 0.2) is 0 Å². The molecule has 0 aromatic heterocycles. The zero-order valence-electron chi connectivity index (χ0n) is 23.3. The van der Waals surface area contributed by atoms with Gasteiger partial charge in [0, 0.05) is 35.4 Å². The highest BCUT2D eigenvalue weighted by atomic mass is 16.5. The Hall–Kier alpha value is -6.03. The van der Waals surface area contributed by atoms with Crippen LogP contribution in [-0.4, -0.2) is 37.1 Å². The van der Waals surface area contributed by atoms with Crippen LogP contribution in [0.5, 0.6) is 17.2 Å². The van der Waals surface area contributed by atoms with Gasteiger partial charge >= 0.3 is 11.9 Å². The van der Waals surface area contributed by atoms with Gasteiger partial charge in [0.1, 0.15) is 17.2 Å². The summed E-state index contributed by atoms with van der Waals surface area (Å²) < 4.78 is 16.1. The molecule has 0 spiro atoms. The molecule has 0 aliphatic carbocycles. The predicted molar refractivity (Wildman–Crippen MR) is 161 cm³/mol.